The second-order valence-electron chi connectivity index (χ2n) is 5.81. The van der Waals surface area contributed by atoms with E-state index in [2.05, 4.69) is 0 Å². The third-order valence-corrected chi connectivity index (χ3v) is 5.95. The average Bonchev–Trinajstić information content (AvgIpc) is 2.59. The van der Waals surface area contributed by atoms with Gasteiger partial charge in [0.25, 0.3) is 0 Å². The van der Waals surface area contributed by atoms with Crippen molar-refractivity contribution in [2.75, 3.05) is 26.7 Å². The number of piperidine rings is 1. The van der Waals surface area contributed by atoms with Gasteiger partial charge in [0.15, 0.2) is 0 Å². The van der Waals surface area contributed by atoms with Gasteiger partial charge in [-0.25, -0.2) is 12.8 Å². The molecule has 1 saturated heterocycles. The number of alkyl halides is 3. The predicted octanol–water partition coefficient (Wildman–Crippen LogP) is 1.91. The molecule has 0 radical (unpaired) electrons. The number of carbonyl (C=O) groups is 1. The van der Waals surface area contributed by atoms with Crippen molar-refractivity contribution in [1.29, 1.82) is 0 Å². The molecular weight excluding hydrogens is 380 g/mol. The molecule has 1 aromatic rings. The normalized spacial score (nSPS) is 17.1. The van der Waals surface area contributed by atoms with Crippen LogP contribution in [0.3, 0.4) is 0 Å². The van der Waals surface area contributed by atoms with Crippen molar-refractivity contribution >= 4 is 15.9 Å². The van der Waals surface area contributed by atoms with Gasteiger partial charge < -0.3 is 10.1 Å². The van der Waals surface area contributed by atoms with Gasteiger partial charge in [0.1, 0.15) is 23.0 Å². The van der Waals surface area contributed by atoms with E-state index in [0.717, 1.165) is 16.4 Å². The molecule has 0 bridgehead atoms. The Morgan fingerprint density at radius 1 is 1.31 bits per heavy atom. The minimum Gasteiger partial charge on any atom is -0.495 e. The fourth-order valence-corrected chi connectivity index (χ4v) is 4.32. The lowest BCUT2D eigenvalue weighted by Crippen LogP contribution is -2.44. The number of benzene rings is 1. The van der Waals surface area contributed by atoms with Crippen molar-refractivity contribution < 1.29 is 35.5 Å². The van der Waals surface area contributed by atoms with Crippen LogP contribution in [-0.2, 0) is 14.8 Å². The number of nitrogens with zero attached hydrogens (tertiary/aromatic N) is 1. The first-order valence-electron chi connectivity index (χ1n) is 7.73. The van der Waals surface area contributed by atoms with Gasteiger partial charge in [-0.05, 0) is 31.0 Å². The van der Waals surface area contributed by atoms with Crippen molar-refractivity contribution in [3.05, 3.63) is 24.0 Å². The Bertz CT molecular complexity index is 759. The number of rotatable bonds is 5. The van der Waals surface area contributed by atoms with Crippen LogP contribution < -0.4 is 10.1 Å². The molecule has 0 unspecified atom stereocenters. The lowest BCUT2D eigenvalue weighted by Gasteiger charge is -2.31. The van der Waals surface area contributed by atoms with Crippen molar-refractivity contribution in [1.82, 2.24) is 9.62 Å². The summed E-state index contributed by atoms with van der Waals surface area (Å²) in [7, 11) is -2.80. The average molecular weight is 398 g/mol. The van der Waals surface area contributed by atoms with E-state index in [0.29, 0.717) is 0 Å². The largest absolute Gasteiger partial charge is 0.495 e. The molecular formula is C15H18F4N2O4S. The molecule has 1 N–H and O–H groups in total. The Labute approximate surface area is 148 Å². The van der Waals surface area contributed by atoms with E-state index >= 15 is 0 Å². The molecule has 1 fully saturated rings. The van der Waals surface area contributed by atoms with E-state index in [4.69, 9.17) is 4.74 Å². The van der Waals surface area contributed by atoms with Crippen LogP contribution in [-0.4, -0.2) is 51.6 Å². The number of amides is 1. The fourth-order valence-electron chi connectivity index (χ4n) is 2.68. The van der Waals surface area contributed by atoms with E-state index in [1.54, 1.807) is 5.32 Å². The fraction of sp³-hybridized carbons (Fsp3) is 0.533. The number of ether oxygens (including phenoxy) is 1. The summed E-state index contributed by atoms with van der Waals surface area (Å²) in [5, 5.41) is 1.80. The summed E-state index contributed by atoms with van der Waals surface area (Å²) in [6, 6.07) is 3.10. The standard InChI is InChI=1S/C15H18F4N2O4S/c1-25-12-3-2-11(16)8-13(12)26(23,24)21-6-4-10(5-7-21)14(22)20-9-15(17,18)19/h2-3,8,10H,4-7,9H2,1H3,(H,20,22). The van der Waals surface area contributed by atoms with E-state index in [1.165, 1.54) is 13.2 Å². The zero-order valence-corrected chi connectivity index (χ0v) is 14.7. The van der Waals surface area contributed by atoms with Crippen LogP contribution >= 0.6 is 0 Å². The Balaban J connectivity index is 2.05. The van der Waals surface area contributed by atoms with Gasteiger partial charge in [-0.1, -0.05) is 0 Å². The Morgan fingerprint density at radius 2 is 1.92 bits per heavy atom. The van der Waals surface area contributed by atoms with Gasteiger partial charge in [-0.15, -0.1) is 0 Å². The summed E-state index contributed by atoms with van der Waals surface area (Å²) in [5.74, 6) is -2.23. The van der Waals surface area contributed by atoms with Gasteiger partial charge >= 0.3 is 6.18 Å². The number of hydrogen-bond donors (Lipinski definition) is 1. The van der Waals surface area contributed by atoms with Crippen molar-refractivity contribution in [3.8, 4) is 5.75 Å². The molecule has 0 aliphatic carbocycles. The number of hydrogen-bond acceptors (Lipinski definition) is 4. The van der Waals surface area contributed by atoms with Gasteiger partial charge in [-0.3, -0.25) is 4.79 Å². The maximum atomic E-state index is 13.4. The van der Waals surface area contributed by atoms with Gasteiger partial charge in [0.05, 0.1) is 7.11 Å². The summed E-state index contributed by atoms with van der Waals surface area (Å²) in [5.41, 5.74) is 0. The summed E-state index contributed by atoms with van der Waals surface area (Å²) >= 11 is 0. The van der Waals surface area contributed by atoms with Crippen LogP contribution in [0.15, 0.2) is 23.1 Å². The minimum atomic E-state index is -4.51. The van der Waals surface area contributed by atoms with Crippen molar-refractivity contribution in [3.63, 3.8) is 0 Å². The monoisotopic (exact) mass is 398 g/mol. The second kappa shape index (κ2) is 7.78. The number of sulfonamides is 1. The molecule has 2 rings (SSSR count). The first-order valence-corrected chi connectivity index (χ1v) is 9.17. The Kier molecular flexibility index (Phi) is 6.12. The molecule has 11 heteroatoms. The van der Waals surface area contributed by atoms with Crippen LogP contribution in [0.5, 0.6) is 5.75 Å². The highest BCUT2D eigenvalue weighted by molar-refractivity contribution is 7.89. The van der Waals surface area contributed by atoms with E-state index in [-0.39, 0.29) is 36.6 Å². The number of carbonyl (C=O) groups excluding carboxylic acids is 1. The third kappa shape index (κ3) is 4.85. The smallest absolute Gasteiger partial charge is 0.405 e. The summed E-state index contributed by atoms with van der Waals surface area (Å²) in [6.45, 7) is -1.55. The number of halogens is 4. The Morgan fingerprint density at radius 3 is 2.46 bits per heavy atom. The summed E-state index contributed by atoms with van der Waals surface area (Å²) in [6.07, 6.45) is -4.37. The van der Waals surface area contributed by atoms with Gasteiger partial charge in [-0.2, -0.15) is 17.5 Å². The topological polar surface area (TPSA) is 75.7 Å². The minimum absolute atomic E-state index is 0.0172. The zero-order valence-electron chi connectivity index (χ0n) is 13.8. The molecule has 1 aliphatic rings. The second-order valence-corrected chi connectivity index (χ2v) is 7.71. The molecule has 0 atom stereocenters. The van der Waals surface area contributed by atoms with E-state index in [9.17, 15) is 30.8 Å². The highest BCUT2D eigenvalue weighted by Gasteiger charge is 2.35. The zero-order chi connectivity index (χ0) is 19.5. The van der Waals surface area contributed by atoms with Gasteiger partial charge in [0, 0.05) is 19.0 Å². The molecule has 1 aliphatic heterocycles. The van der Waals surface area contributed by atoms with Crippen LogP contribution in [0.4, 0.5) is 17.6 Å². The van der Waals surface area contributed by atoms with Gasteiger partial charge in [0.2, 0.25) is 15.9 Å². The number of nitrogens with one attached hydrogen (secondary N) is 1. The highest BCUT2D eigenvalue weighted by atomic mass is 32.2. The third-order valence-electron chi connectivity index (χ3n) is 4.03. The molecule has 6 nitrogen and oxygen atoms in total. The first kappa shape index (κ1) is 20.4. The molecule has 0 aromatic heterocycles. The Hall–Kier alpha value is -1.88. The molecule has 1 amide bonds. The maximum absolute atomic E-state index is 13.4. The van der Waals surface area contributed by atoms with Crippen LogP contribution in [0.1, 0.15) is 12.8 Å². The first-order chi connectivity index (χ1) is 12.0. The molecule has 1 aromatic carbocycles. The molecule has 1 heterocycles. The highest BCUT2D eigenvalue weighted by Crippen LogP contribution is 2.30. The maximum Gasteiger partial charge on any atom is 0.405 e. The predicted molar refractivity (Wildman–Crippen MR) is 83.5 cm³/mol. The molecule has 146 valence electrons. The lowest BCUT2D eigenvalue weighted by atomic mass is 9.97. The summed E-state index contributed by atoms with van der Waals surface area (Å²) < 4.78 is 81.3. The van der Waals surface area contributed by atoms with Crippen LogP contribution in [0.25, 0.3) is 0 Å². The van der Waals surface area contributed by atoms with Crippen molar-refractivity contribution in [2.45, 2.75) is 23.9 Å². The van der Waals surface area contributed by atoms with E-state index < -0.39 is 40.4 Å². The van der Waals surface area contributed by atoms with Crippen LogP contribution in [0, 0.1) is 11.7 Å². The summed E-state index contributed by atoms with van der Waals surface area (Å²) in [4.78, 5) is 11.4. The van der Waals surface area contributed by atoms with Crippen LogP contribution in [0.2, 0.25) is 0 Å². The molecule has 0 saturated carbocycles. The quantitative estimate of drug-likeness (QED) is 0.769. The SMILES string of the molecule is COc1ccc(F)cc1S(=O)(=O)N1CCC(C(=O)NCC(F)(F)F)CC1. The van der Waals surface area contributed by atoms with Crippen molar-refractivity contribution in [2.24, 2.45) is 5.92 Å². The molecule has 26 heavy (non-hydrogen) atoms. The number of methoxy groups -OCH3 is 1. The molecule has 0 spiro atoms. The lowest BCUT2D eigenvalue weighted by molar-refractivity contribution is -0.141. The van der Waals surface area contributed by atoms with E-state index in [1.807, 2.05) is 0 Å².